The van der Waals surface area contributed by atoms with Crippen LogP contribution >= 0.6 is 0 Å². The molecule has 0 radical (unpaired) electrons. The minimum absolute atomic E-state index is 0.000896. The summed E-state index contributed by atoms with van der Waals surface area (Å²) in [5.41, 5.74) is 4.41. The Balaban J connectivity index is 1.96. The first-order valence-corrected chi connectivity index (χ1v) is 7.90. The fraction of sp³-hybridized carbons (Fsp3) is 0.235. The van der Waals surface area contributed by atoms with Crippen LogP contribution in [0.25, 0.3) is 27.9 Å². The van der Waals surface area contributed by atoms with Gasteiger partial charge < -0.3 is 4.74 Å². The summed E-state index contributed by atoms with van der Waals surface area (Å²) in [4.78, 5) is 11.6. The number of esters is 1. The van der Waals surface area contributed by atoms with Crippen molar-refractivity contribution in [1.82, 2.24) is 29.6 Å². The zero-order valence-corrected chi connectivity index (χ0v) is 14.4. The first-order chi connectivity index (χ1) is 12.5. The van der Waals surface area contributed by atoms with E-state index in [4.69, 9.17) is 4.74 Å². The monoisotopic (exact) mass is 354 g/mol. The topological polar surface area (TPSA) is 87.2 Å². The SMILES string of the molecule is COC(=O)Cc1nn(C)c2c1nnc1c(-c3ccc(F)cc3)c(C)nn12. The van der Waals surface area contributed by atoms with Gasteiger partial charge in [0, 0.05) is 7.05 Å². The molecule has 1 aromatic carbocycles. The highest BCUT2D eigenvalue weighted by Crippen LogP contribution is 2.29. The van der Waals surface area contributed by atoms with Gasteiger partial charge in [0.25, 0.3) is 0 Å². The summed E-state index contributed by atoms with van der Waals surface area (Å²) >= 11 is 0. The fourth-order valence-corrected chi connectivity index (χ4v) is 3.03. The van der Waals surface area contributed by atoms with E-state index >= 15 is 0 Å². The van der Waals surface area contributed by atoms with Gasteiger partial charge in [0.1, 0.15) is 11.5 Å². The molecule has 0 unspecified atom stereocenters. The number of halogens is 1. The highest BCUT2D eigenvalue weighted by Gasteiger charge is 2.21. The predicted molar refractivity (Wildman–Crippen MR) is 90.9 cm³/mol. The van der Waals surface area contributed by atoms with Crippen molar-refractivity contribution in [3.8, 4) is 11.1 Å². The molecule has 8 nitrogen and oxygen atoms in total. The Hall–Kier alpha value is -3.36. The summed E-state index contributed by atoms with van der Waals surface area (Å²) in [7, 11) is 3.07. The number of fused-ring (bicyclic) bond motifs is 3. The highest BCUT2D eigenvalue weighted by atomic mass is 19.1. The molecule has 0 N–H and O–H groups in total. The van der Waals surface area contributed by atoms with E-state index in [9.17, 15) is 9.18 Å². The van der Waals surface area contributed by atoms with Crippen molar-refractivity contribution in [2.45, 2.75) is 13.3 Å². The first-order valence-electron chi connectivity index (χ1n) is 7.90. The smallest absolute Gasteiger partial charge is 0.311 e. The molecule has 0 saturated heterocycles. The van der Waals surface area contributed by atoms with Gasteiger partial charge in [0.2, 0.25) is 0 Å². The van der Waals surface area contributed by atoms with Crippen molar-refractivity contribution in [2.75, 3.05) is 7.11 Å². The van der Waals surface area contributed by atoms with Crippen molar-refractivity contribution in [2.24, 2.45) is 7.05 Å². The van der Waals surface area contributed by atoms with E-state index in [0.717, 1.165) is 16.8 Å². The Bertz CT molecular complexity index is 1150. The van der Waals surface area contributed by atoms with Gasteiger partial charge in [-0.25, -0.2) is 9.07 Å². The second kappa shape index (κ2) is 5.87. The van der Waals surface area contributed by atoms with Crippen molar-refractivity contribution >= 4 is 22.8 Å². The zero-order valence-electron chi connectivity index (χ0n) is 14.4. The number of carbonyl (C=O) groups is 1. The predicted octanol–water partition coefficient (Wildman–Crippen LogP) is 1.84. The number of rotatable bonds is 3. The number of aryl methyl sites for hydroxylation is 2. The first kappa shape index (κ1) is 16.1. The summed E-state index contributed by atoms with van der Waals surface area (Å²) in [5.74, 6) is -0.717. The number of nitrogens with zero attached hydrogens (tertiary/aromatic N) is 6. The molecule has 9 heteroatoms. The van der Waals surface area contributed by atoms with Gasteiger partial charge in [0.05, 0.1) is 24.8 Å². The third-order valence-electron chi connectivity index (χ3n) is 4.22. The number of benzene rings is 1. The van der Waals surface area contributed by atoms with E-state index in [1.54, 1.807) is 28.4 Å². The van der Waals surface area contributed by atoms with Gasteiger partial charge in [-0.15, -0.1) is 10.2 Å². The van der Waals surface area contributed by atoms with Crippen molar-refractivity contribution in [3.05, 3.63) is 41.5 Å². The van der Waals surface area contributed by atoms with E-state index in [1.165, 1.54) is 19.2 Å². The third kappa shape index (κ3) is 2.40. The molecular formula is C17H15FN6O2. The van der Waals surface area contributed by atoms with E-state index in [-0.39, 0.29) is 12.2 Å². The quantitative estimate of drug-likeness (QED) is 0.522. The van der Waals surface area contributed by atoms with Crippen LogP contribution in [0.2, 0.25) is 0 Å². The molecule has 0 aliphatic rings. The largest absolute Gasteiger partial charge is 0.469 e. The van der Waals surface area contributed by atoms with Gasteiger partial charge in [-0.05, 0) is 24.6 Å². The van der Waals surface area contributed by atoms with Crippen LogP contribution in [-0.2, 0) is 23.0 Å². The van der Waals surface area contributed by atoms with Gasteiger partial charge in [-0.1, -0.05) is 12.1 Å². The van der Waals surface area contributed by atoms with Gasteiger partial charge >= 0.3 is 5.97 Å². The lowest BCUT2D eigenvalue weighted by Crippen LogP contribution is -2.06. The second-order valence-electron chi connectivity index (χ2n) is 5.90. The maximum atomic E-state index is 13.2. The Labute approximate surface area is 147 Å². The van der Waals surface area contributed by atoms with Crippen molar-refractivity contribution in [1.29, 1.82) is 0 Å². The summed E-state index contributed by atoms with van der Waals surface area (Å²) in [6, 6.07) is 6.14. The molecule has 4 rings (SSSR count). The van der Waals surface area contributed by atoms with E-state index in [0.29, 0.717) is 22.5 Å². The number of hydrogen-bond donors (Lipinski definition) is 0. The molecule has 0 amide bonds. The zero-order chi connectivity index (χ0) is 18.4. The normalized spacial score (nSPS) is 11.4. The van der Waals surface area contributed by atoms with E-state index < -0.39 is 5.97 Å². The Kier molecular flexibility index (Phi) is 3.64. The maximum Gasteiger partial charge on any atom is 0.311 e. The van der Waals surface area contributed by atoms with Crippen molar-refractivity contribution in [3.63, 3.8) is 0 Å². The summed E-state index contributed by atoms with van der Waals surface area (Å²) in [6.45, 7) is 1.85. The Morgan fingerprint density at radius 1 is 1.19 bits per heavy atom. The molecule has 3 heterocycles. The fourth-order valence-electron chi connectivity index (χ4n) is 3.03. The second-order valence-corrected chi connectivity index (χ2v) is 5.90. The third-order valence-corrected chi connectivity index (χ3v) is 4.22. The molecule has 132 valence electrons. The Morgan fingerprint density at radius 3 is 2.62 bits per heavy atom. The van der Waals surface area contributed by atoms with E-state index in [1.807, 2.05) is 6.92 Å². The van der Waals surface area contributed by atoms with Crippen LogP contribution in [0.4, 0.5) is 4.39 Å². The molecule has 0 bridgehead atoms. The van der Waals surface area contributed by atoms with Gasteiger partial charge in [-0.2, -0.15) is 14.7 Å². The van der Waals surface area contributed by atoms with Crippen LogP contribution < -0.4 is 0 Å². The van der Waals surface area contributed by atoms with Crippen LogP contribution in [0, 0.1) is 12.7 Å². The minimum Gasteiger partial charge on any atom is -0.469 e. The molecule has 0 aliphatic carbocycles. The summed E-state index contributed by atoms with van der Waals surface area (Å²) < 4.78 is 21.2. The highest BCUT2D eigenvalue weighted by molar-refractivity contribution is 5.86. The number of hydrogen-bond acceptors (Lipinski definition) is 6. The lowest BCUT2D eigenvalue weighted by molar-refractivity contribution is -0.139. The summed E-state index contributed by atoms with van der Waals surface area (Å²) in [6.07, 6.45) is -0.000896. The van der Waals surface area contributed by atoms with Crippen LogP contribution in [-0.4, -0.2) is 42.7 Å². The molecule has 0 fully saturated rings. The molecule has 0 saturated carbocycles. The van der Waals surface area contributed by atoms with Crippen LogP contribution in [0.15, 0.2) is 24.3 Å². The lowest BCUT2D eigenvalue weighted by atomic mass is 10.1. The van der Waals surface area contributed by atoms with E-state index in [2.05, 4.69) is 20.4 Å². The molecule has 0 aliphatic heterocycles. The number of carbonyl (C=O) groups excluding carboxylic acids is 1. The van der Waals surface area contributed by atoms with Crippen LogP contribution in [0.3, 0.4) is 0 Å². The standard InChI is InChI=1S/C17H15FN6O2/c1-9-14(10-4-6-11(18)7-5-10)16-20-19-15-12(8-13(25)26-3)22-23(2)17(15)24(16)21-9/h4-7H,8H2,1-3H3. The molecule has 0 atom stereocenters. The Morgan fingerprint density at radius 2 is 1.92 bits per heavy atom. The molecule has 4 aromatic rings. The van der Waals surface area contributed by atoms with Crippen LogP contribution in [0.5, 0.6) is 0 Å². The number of ether oxygens (including phenoxy) is 1. The average Bonchev–Trinajstić information content (AvgIpc) is 3.12. The van der Waals surface area contributed by atoms with Gasteiger partial charge in [-0.3, -0.25) is 4.79 Å². The maximum absolute atomic E-state index is 13.2. The van der Waals surface area contributed by atoms with Crippen molar-refractivity contribution < 1.29 is 13.9 Å². The minimum atomic E-state index is -0.407. The molecule has 3 aromatic heterocycles. The van der Waals surface area contributed by atoms with Gasteiger partial charge in [0.15, 0.2) is 16.8 Å². The van der Waals surface area contributed by atoms with Crippen LogP contribution in [0.1, 0.15) is 11.4 Å². The molecule has 0 spiro atoms. The summed E-state index contributed by atoms with van der Waals surface area (Å²) in [5, 5.41) is 17.5. The average molecular weight is 354 g/mol. The molecular weight excluding hydrogens is 339 g/mol. The number of aromatic nitrogens is 6. The number of methoxy groups -OCH3 is 1. The molecule has 26 heavy (non-hydrogen) atoms. The lowest BCUT2D eigenvalue weighted by Gasteiger charge is -2.01.